The summed E-state index contributed by atoms with van der Waals surface area (Å²) >= 11 is 0. The van der Waals surface area contributed by atoms with E-state index in [0.717, 1.165) is 44.1 Å². The zero-order chi connectivity index (χ0) is 43.5. The van der Waals surface area contributed by atoms with Gasteiger partial charge in [0.15, 0.2) is 0 Å². The van der Waals surface area contributed by atoms with E-state index in [-0.39, 0.29) is 13.2 Å². The Morgan fingerprint density at radius 3 is 1.03 bits per heavy atom. The van der Waals surface area contributed by atoms with Crippen molar-refractivity contribution in [2.75, 3.05) is 0 Å². The normalized spacial score (nSPS) is 11.9. The molecule has 0 saturated carbocycles. The van der Waals surface area contributed by atoms with E-state index in [1.807, 2.05) is 218 Å². The van der Waals surface area contributed by atoms with Gasteiger partial charge >= 0.3 is 11.9 Å². The van der Waals surface area contributed by atoms with Crippen LogP contribution in [0.3, 0.4) is 0 Å². The number of pyridine rings is 2. The standard InChI is InChI=1S/C46H30N2O4.2C6H6/c49-45-37-23-19-29-11-7-9-17-35(29)41(37)42-36-18-10-8-12-30(36)20-24-38(42)46(50)52-28-34-22-26-40(32-15-5-2-6-16-32)48-44(34)43-33(27-51-45)21-25-39(47-43)31-13-3-1-4-14-31;2*1-2-4-6-5-3-1/h1-26H,27-28H2;2*1-6H. The monoisotopic (exact) mass is 830 g/mol. The molecule has 0 aliphatic carbocycles. The summed E-state index contributed by atoms with van der Waals surface area (Å²) in [4.78, 5) is 39.0. The van der Waals surface area contributed by atoms with Gasteiger partial charge in [0.2, 0.25) is 0 Å². The number of fused-ring (bicyclic) bond motifs is 10. The van der Waals surface area contributed by atoms with Crippen molar-refractivity contribution >= 4 is 33.5 Å². The lowest BCUT2D eigenvalue weighted by Crippen LogP contribution is -2.13. The maximum atomic E-state index is 14.4. The third-order valence-electron chi connectivity index (χ3n) is 10.9. The molecule has 0 spiro atoms. The summed E-state index contributed by atoms with van der Waals surface area (Å²) in [5, 5.41) is 3.51. The zero-order valence-electron chi connectivity index (χ0n) is 34.9. The van der Waals surface area contributed by atoms with Crippen LogP contribution in [0.15, 0.2) is 231 Å². The number of ether oxygens (including phenoxy) is 2. The second kappa shape index (κ2) is 19.5. The minimum absolute atomic E-state index is 0.0542. The molecule has 0 unspecified atom stereocenters. The van der Waals surface area contributed by atoms with Crippen molar-refractivity contribution in [1.29, 1.82) is 0 Å². The number of carbonyl (C=O) groups is 2. The highest BCUT2D eigenvalue weighted by Gasteiger charge is 2.27. The summed E-state index contributed by atoms with van der Waals surface area (Å²) < 4.78 is 12.4. The third kappa shape index (κ3) is 9.08. The van der Waals surface area contributed by atoms with Crippen LogP contribution in [0.1, 0.15) is 31.8 Å². The molecule has 0 atom stereocenters. The highest BCUT2D eigenvalue weighted by atomic mass is 16.5. The molecule has 0 N–H and O–H groups in total. The third-order valence-corrected chi connectivity index (χ3v) is 10.9. The number of hydrogen-bond donors (Lipinski definition) is 0. The molecule has 6 heteroatoms. The van der Waals surface area contributed by atoms with Gasteiger partial charge < -0.3 is 9.47 Å². The van der Waals surface area contributed by atoms with Crippen molar-refractivity contribution in [2.24, 2.45) is 0 Å². The van der Waals surface area contributed by atoms with Gasteiger partial charge in [0.1, 0.15) is 13.2 Å². The SMILES string of the molecule is O=C1OCc2ccc(-c3ccccc3)nc2-c2nc(-c3ccccc3)ccc2COC(=O)c2ccc3ccccc3c2-c2c1ccc1ccccc21.c1ccccc1.c1ccccc1. The van der Waals surface area contributed by atoms with Gasteiger partial charge in [0.05, 0.1) is 33.9 Å². The van der Waals surface area contributed by atoms with Crippen molar-refractivity contribution in [1.82, 2.24) is 9.97 Å². The van der Waals surface area contributed by atoms with Crippen molar-refractivity contribution in [3.05, 3.63) is 253 Å². The van der Waals surface area contributed by atoms with E-state index in [1.54, 1.807) is 12.1 Å². The number of esters is 2. The van der Waals surface area contributed by atoms with Crippen molar-refractivity contribution in [2.45, 2.75) is 13.2 Å². The Morgan fingerprint density at radius 2 is 0.656 bits per heavy atom. The molecule has 0 amide bonds. The first-order valence-corrected chi connectivity index (χ1v) is 21.1. The quantitative estimate of drug-likeness (QED) is 0.162. The zero-order valence-corrected chi connectivity index (χ0v) is 34.9. The topological polar surface area (TPSA) is 78.4 Å². The summed E-state index contributed by atoms with van der Waals surface area (Å²) in [5.41, 5.74) is 7.69. The summed E-state index contributed by atoms with van der Waals surface area (Å²) in [6.45, 7) is -0.108. The Kier molecular flexibility index (Phi) is 12.5. The first kappa shape index (κ1) is 40.9. The number of cyclic esters (lactones) is 2. The molecule has 1 aliphatic rings. The fraction of sp³-hybridized carbons (Fsp3) is 0.0345. The number of benzene rings is 8. The first-order chi connectivity index (χ1) is 31.6. The van der Waals surface area contributed by atoms with Gasteiger partial charge in [-0.3, -0.25) is 0 Å². The van der Waals surface area contributed by atoms with Crippen molar-refractivity contribution in [3.8, 4) is 45.0 Å². The van der Waals surface area contributed by atoms with E-state index in [4.69, 9.17) is 19.4 Å². The Hall–Kier alpha value is -8.48. The van der Waals surface area contributed by atoms with E-state index in [0.29, 0.717) is 44.8 Å². The molecule has 3 heterocycles. The summed E-state index contributed by atoms with van der Waals surface area (Å²) in [6.07, 6.45) is 0. The summed E-state index contributed by atoms with van der Waals surface area (Å²) in [7, 11) is 0. The Balaban J connectivity index is 0.000000375. The van der Waals surface area contributed by atoms with Crippen LogP contribution in [-0.4, -0.2) is 21.9 Å². The van der Waals surface area contributed by atoms with Crippen LogP contribution in [0.4, 0.5) is 0 Å². The van der Waals surface area contributed by atoms with Crippen LogP contribution in [0, 0.1) is 0 Å². The van der Waals surface area contributed by atoms with E-state index in [2.05, 4.69) is 0 Å². The maximum Gasteiger partial charge on any atom is 0.339 e. The van der Waals surface area contributed by atoms with Crippen LogP contribution in [0.2, 0.25) is 0 Å². The molecule has 10 aromatic rings. The predicted octanol–water partition coefficient (Wildman–Crippen LogP) is 13.9. The van der Waals surface area contributed by atoms with E-state index in [1.165, 1.54) is 0 Å². The average Bonchev–Trinajstić information content (AvgIpc) is 3.38. The van der Waals surface area contributed by atoms with Gasteiger partial charge in [-0.2, -0.15) is 0 Å². The molecule has 8 aromatic carbocycles. The Labute approximate surface area is 372 Å². The van der Waals surface area contributed by atoms with E-state index >= 15 is 0 Å². The minimum Gasteiger partial charge on any atom is -0.457 e. The molecule has 64 heavy (non-hydrogen) atoms. The van der Waals surface area contributed by atoms with Gasteiger partial charge in [-0.1, -0.05) is 206 Å². The summed E-state index contributed by atoms with van der Waals surface area (Å²) in [6, 6.07) is 74.6. The highest BCUT2D eigenvalue weighted by molar-refractivity contribution is 6.17. The summed E-state index contributed by atoms with van der Waals surface area (Å²) in [5.74, 6) is -1.04. The fourth-order valence-corrected chi connectivity index (χ4v) is 7.79. The molecule has 308 valence electrons. The molecule has 1 aliphatic heterocycles. The number of hydrogen-bond acceptors (Lipinski definition) is 6. The second-order valence-corrected chi connectivity index (χ2v) is 15.0. The maximum absolute atomic E-state index is 14.4. The fourth-order valence-electron chi connectivity index (χ4n) is 7.79. The van der Waals surface area contributed by atoms with Gasteiger partial charge in [0, 0.05) is 33.4 Å². The molecule has 0 radical (unpaired) electrons. The van der Waals surface area contributed by atoms with E-state index in [9.17, 15) is 9.59 Å². The lowest BCUT2D eigenvalue weighted by molar-refractivity contribution is 0.0460. The molecule has 2 aromatic heterocycles. The molecule has 0 bridgehead atoms. The largest absolute Gasteiger partial charge is 0.457 e. The van der Waals surface area contributed by atoms with Crippen LogP contribution >= 0.6 is 0 Å². The highest BCUT2D eigenvalue weighted by Crippen LogP contribution is 2.41. The first-order valence-electron chi connectivity index (χ1n) is 21.1. The van der Waals surface area contributed by atoms with Crippen LogP contribution in [-0.2, 0) is 22.7 Å². The van der Waals surface area contributed by atoms with Crippen molar-refractivity contribution in [3.63, 3.8) is 0 Å². The lowest BCUT2D eigenvalue weighted by Gasteiger charge is -2.20. The number of rotatable bonds is 2. The smallest absolute Gasteiger partial charge is 0.339 e. The van der Waals surface area contributed by atoms with Gasteiger partial charge in [0.25, 0.3) is 0 Å². The average molecular weight is 831 g/mol. The number of nitrogens with zero attached hydrogens (tertiary/aromatic N) is 2. The van der Waals surface area contributed by atoms with Crippen molar-refractivity contribution < 1.29 is 19.1 Å². The van der Waals surface area contributed by atoms with Crippen LogP contribution in [0.5, 0.6) is 0 Å². The van der Waals surface area contributed by atoms with E-state index < -0.39 is 11.9 Å². The van der Waals surface area contributed by atoms with Gasteiger partial charge in [-0.05, 0) is 45.8 Å². The van der Waals surface area contributed by atoms with Gasteiger partial charge in [-0.15, -0.1) is 0 Å². The molecule has 11 rings (SSSR count). The van der Waals surface area contributed by atoms with Crippen LogP contribution < -0.4 is 0 Å². The Morgan fingerprint density at radius 1 is 0.328 bits per heavy atom. The predicted molar refractivity (Wildman–Crippen MR) is 256 cm³/mol. The lowest BCUT2D eigenvalue weighted by atomic mass is 9.87. The second-order valence-electron chi connectivity index (χ2n) is 15.0. The number of carbonyl (C=O) groups excluding carboxylic acids is 2. The van der Waals surface area contributed by atoms with Crippen LogP contribution in [0.25, 0.3) is 66.6 Å². The Bertz CT molecular complexity index is 2920. The molecular formula is C58H42N2O4. The van der Waals surface area contributed by atoms with Gasteiger partial charge in [-0.25, -0.2) is 19.6 Å². The molecular weight excluding hydrogens is 789 g/mol. The molecule has 0 fully saturated rings. The molecule has 0 saturated heterocycles. The number of aromatic nitrogens is 2. The molecule has 6 nitrogen and oxygen atoms in total. The minimum atomic E-state index is -0.519.